The molecule has 1 aromatic carbocycles. The Balaban J connectivity index is 2.10. The van der Waals surface area contributed by atoms with Gasteiger partial charge in [-0.15, -0.1) is 0 Å². The highest BCUT2D eigenvalue weighted by Gasteiger charge is 2.15. The molecule has 0 radical (unpaired) electrons. The number of aromatic nitrogens is 3. The molecule has 0 saturated heterocycles. The van der Waals surface area contributed by atoms with Gasteiger partial charge in [0.2, 0.25) is 0 Å². The maximum absolute atomic E-state index is 5.87. The van der Waals surface area contributed by atoms with Crippen molar-refractivity contribution in [2.45, 2.75) is 13.5 Å². The molecule has 0 aliphatic rings. The van der Waals surface area contributed by atoms with Gasteiger partial charge in [-0.2, -0.15) is 0 Å². The van der Waals surface area contributed by atoms with Gasteiger partial charge in [-0.05, 0) is 14.0 Å². The minimum atomic E-state index is 0.604. The summed E-state index contributed by atoms with van der Waals surface area (Å²) in [7, 11) is 1.91. The molecular weight excluding hydrogens is 276 g/mol. The SMILES string of the molecule is CCn1cnc2c(-c3ccccc3)ncc(OCCNC)c21. The Kier molecular flexibility index (Phi) is 4.34. The smallest absolute Gasteiger partial charge is 0.163 e. The molecule has 0 aliphatic carbocycles. The van der Waals surface area contributed by atoms with E-state index in [0.717, 1.165) is 41.1 Å². The van der Waals surface area contributed by atoms with Crippen LogP contribution in [-0.4, -0.2) is 34.7 Å². The molecule has 5 heteroatoms. The lowest BCUT2D eigenvalue weighted by Gasteiger charge is -2.11. The Morgan fingerprint density at radius 2 is 2.00 bits per heavy atom. The number of ether oxygens (including phenoxy) is 1. The Labute approximate surface area is 130 Å². The van der Waals surface area contributed by atoms with E-state index in [1.165, 1.54) is 0 Å². The molecule has 3 rings (SSSR count). The molecule has 1 N–H and O–H groups in total. The summed E-state index contributed by atoms with van der Waals surface area (Å²) in [5, 5.41) is 3.08. The van der Waals surface area contributed by atoms with Crippen LogP contribution in [0.15, 0.2) is 42.9 Å². The van der Waals surface area contributed by atoms with Crippen LogP contribution in [0.25, 0.3) is 22.3 Å². The van der Waals surface area contributed by atoms with Crippen molar-refractivity contribution in [1.29, 1.82) is 0 Å². The summed E-state index contributed by atoms with van der Waals surface area (Å²) in [6, 6.07) is 10.1. The van der Waals surface area contributed by atoms with Crippen molar-refractivity contribution in [2.75, 3.05) is 20.2 Å². The molecule has 2 aromatic heterocycles. The number of hydrogen-bond acceptors (Lipinski definition) is 4. The van der Waals surface area contributed by atoms with Crippen molar-refractivity contribution >= 4 is 11.0 Å². The summed E-state index contributed by atoms with van der Waals surface area (Å²) >= 11 is 0. The van der Waals surface area contributed by atoms with Gasteiger partial charge in [0.05, 0.1) is 18.2 Å². The first-order valence-electron chi connectivity index (χ1n) is 7.51. The molecule has 0 fully saturated rings. The van der Waals surface area contributed by atoms with E-state index in [1.807, 2.05) is 43.7 Å². The van der Waals surface area contributed by atoms with Gasteiger partial charge < -0.3 is 14.6 Å². The van der Waals surface area contributed by atoms with E-state index >= 15 is 0 Å². The van der Waals surface area contributed by atoms with E-state index in [9.17, 15) is 0 Å². The first-order valence-corrected chi connectivity index (χ1v) is 7.51. The average Bonchev–Trinajstić information content (AvgIpc) is 3.00. The summed E-state index contributed by atoms with van der Waals surface area (Å²) in [4.78, 5) is 9.14. The van der Waals surface area contributed by atoms with Gasteiger partial charge in [0.1, 0.15) is 17.6 Å². The van der Waals surface area contributed by atoms with Gasteiger partial charge in [-0.1, -0.05) is 30.3 Å². The maximum Gasteiger partial charge on any atom is 0.163 e. The molecule has 0 amide bonds. The molecule has 0 unspecified atom stereocenters. The highest BCUT2D eigenvalue weighted by atomic mass is 16.5. The summed E-state index contributed by atoms with van der Waals surface area (Å²) < 4.78 is 7.96. The quantitative estimate of drug-likeness (QED) is 0.711. The molecular formula is C17H20N4O. The van der Waals surface area contributed by atoms with E-state index in [-0.39, 0.29) is 0 Å². The Bertz CT molecular complexity index is 752. The molecule has 0 aliphatic heterocycles. The number of nitrogens with zero attached hydrogens (tertiary/aromatic N) is 3. The van der Waals surface area contributed by atoms with Crippen LogP contribution in [0.3, 0.4) is 0 Å². The number of imidazole rings is 1. The van der Waals surface area contributed by atoms with Gasteiger partial charge in [0.25, 0.3) is 0 Å². The lowest BCUT2D eigenvalue weighted by Crippen LogP contribution is -2.16. The minimum Gasteiger partial charge on any atom is -0.488 e. The minimum absolute atomic E-state index is 0.604. The third-order valence-electron chi connectivity index (χ3n) is 3.60. The summed E-state index contributed by atoms with van der Waals surface area (Å²) in [5.74, 6) is 0.782. The molecule has 0 saturated carbocycles. The fourth-order valence-corrected chi connectivity index (χ4v) is 2.48. The average molecular weight is 296 g/mol. The Morgan fingerprint density at radius 3 is 2.73 bits per heavy atom. The van der Waals surface area contributed by atoms with Gasteiger partial charge in [-0.3, -0.25) is 0 Å². The largest absolute Gasteiger partial charge is 0.488 e. The van der Waals surface area contributed by atoms with Crippen LogP contribution in [0.2, 0.25) is 0 Å². The van der Waals surface area contributed by atoms with Crippen molar-refractivity contribution in [3.63, 3.8) is 0 Å². The van der Waals surface area contributed by atoms with E-state index in [2.05, 4.69) is 26.8 Å². The first-order chi connectivity index (χ1) is 10.8. The summed E-state index contributed by atoms with van der Waals surface area (Å²) in [5.41, 5.74) is 3.85. The summed E-state index contributed by atoms with van der Waals surface area (Å²) in [6.07, 6.45) is 3.65. The maximum atomic E-state index is 5.87. The highest BCUT2D eigenvalue weighted by Crippen LogP contribution is 2.31. The fraction of sp³-hybridized carbons (Fsp3) is 0.294. The number of pyridine rings is 1. The van der Waals surface area contributed by atoms with Crippen LogP contribution < -0.4 is 10.1 Å². The third-order valence-corrected chi connectivity index (χ3v) is 3.60. The molecule has 114 valence electrons. The van der Waals surface area contributed by atoms with Gasteiger partial charge in [0.15, 0.2) is 5.75 Å². The lowest BCUT2D eigenvalue weighted by atomic mass is 10.1. The van der Waals surface area contributed by atoms with E-state index < -0.39 is 0 Å². The first kappa shape index (κ1) is 14.5. The van der Waals surface area contributed by atoms with Gasteiger partial charge in [-0.25, -0.2) is 9.97 Å². The molecule has 3 aromatic rings. The van der Waals surface area contributed by atoms with Crippen molar-refractivity contribution in [2.24, 2.45) is 0 Å². The zero-order valence-electron chi connectivity index (χ0n) is 12.9. The predicted molar refractivity (Wildman–Crippen MR) is 88.1 cm³/mol. The zero-order valence-corrected chi connectivity index (χ0v) is 12.9. The van der Waals surface area contributed by atoms with Gasteiger partial charge in [0, 0.05) is 18.7 Å². The Hall–Kier alpha value is -2.40. The second-order valence-electron chi connectivity index (χ2n) is 5.02. The predicted octanol–water partition coefficient (Wildman–Crippen LogP) is 2.72. The number of aryl methyl sites for hydroxylation is 1. The second-order valence-corrected chi connectivity index (χ2v) is 5.02. The van der Waals surface area contributed by atoms with Crippen molar-refractivity contribution < 1.29 is 4.74 Å². The van der Waals surface area contributed by atoms with Crippen LogP contribution in [0, 0.1) is 0 Å². The normalized spacial score (nSPS) is 11.0. The number of benzene rings is 1. The van der Waals surface area contributed by atoms with Crippen LogP contribution in [0.5, 0.6) is 5.75 Å². The Morgan fingerprint density at radius 1 is 1.18 bits per heavy atom. The molecule has 5 nitrogen and oxygen atoms in total. The molecule has 22 heavy (non-hydrogen) atoms. The van der Waals surface area contributed by atoms with Crippen LogP contribution in [0.4, 0.5) is 0 Å². The van der Waals surface area contributed by atoms with Crippen LogP contribution >= 0.6 is 0 Å². The molecule has 0 atom stereocenters. The standard InChI is InChI=1S/C17H20N4O/c1-3-21-12-20-16-15(13-7-5-4-6-8-13)19-11-14(17(16)21)22-10-9-18-2/h4-8,11-12,18H,3,9-10H2,1-2H3. The third kappa shape index (κ3) is 2.67. The number of rotatable bonds is 6. The van der Waals surface area contributed by atoms with E-state index in [1.54, 1.807) is 6.20 Å². The van der Waals surface area contributed by atoms with Crippen molar-refractivity contribution in [1.82, 2.24) is 19.9 Å². The lowest BCUT2D eigenvalue weighted by molar-refractivity contribution is 0.319. The number of nitrogens with one attached hydrogen (secondary N) is 1. The highest BCUT2D eigenvalue weighted by molar-refractivity contribution is 5.93. The molecule has 0 spiro atoms. The molecule has 2 heterocycles. The van der Waals surface area contributed by atoms with Crippen LogP contribution in [0.1, 0.15) is 6.92 Å². The zero-order chi connectivity index (χ0) is 15.4. The second kappa shape index (κ2) is 6.58. The van der Waals surface area contributed by atoms with Gasteiger partial charge >= 0.3 is 0 Å². The fourth-order valence-electron chi connectivity index (χ4n) is 2.48. The number of hydrogen-bond donors (Lipinski definition) is 1. The summed E-state index contributed by atoms with van der Waals surface area (Å²) in [6.45, 7) is 4.34. The number of likely N-dealkylation sites (N-methyl/N-ethyl adjacent to an activating group) is 1. The van der Waals surface area contributed by atoms with Crippen molar-refractivity contribution in [3.05, 3.63) is 42.9 Å². The van der Waals surface area contributed by atoms with Crippen molar-refractivity contribution in [3.8, 4) is 17.0 Å². The topological polar surface area (TPSA) is 52.0 Å². The number of fused-ring (bicyclic) bond motifs is 1. The monoisotopic (exact) mass is 296 g/mol. The molecule has 0 bridgehead atoms. The van der Waals surface area contributed by atoms with Crippen LogP contribution in [-0.2, 0) is 6.54 Å². The van der Waals surface area contributed by atoms with E-state index in [0.29, 0.717) is 6.61 Å². The van der Waals surface area contributed by atoms with E-state index in [4.69, 9.17) is 4.74 Å².